The van der Waals surface area contributed by atoms with Crippen molar-refractivity contribution in [1.82, 2.24) is 0 Å². The van der Waals surface area contributed by atoms with Gasteiger partial charge in [-0.05, 0) is 6.42 Å². The topological polar surface area (TPSA) is 12.5 Å². The van der Waals surface area contributed by atoms with Gasteiger partial charge in [0.25, 0.3) is 0 Å². The van der Waals surface area contributed by atoms with Gasteiger partial charge in [0.15, 0.2) is 0 Å². The molecule has 1 heteroatoms. The lowest BCUT2D eigenvalue weighted by Crippen LogP contribution is -1.73. The molecule has 0 N–H and O–H groups in total. The van der Waals surface area contributed by atoms with E-state index in [1.54, 1.807) is 0 Å². The van der Waals surface area contributed by atoms with E-state index in [9.17, 15) is 0 Å². The van der Waals surface area contributed by atoms with Gasteiger partial charge in [-0.15, -0.1) is 0 Å². The van der Waals surface area contributed by atoms with Crippen LogP contribution in [-0.4, -0.2) is 12.7 Å². The van der Waals surface area contributed by atoms with Gasteiger partial charge in [0.2, 0.25) is 0 Å². The van der Waals surface area contributed by atoms with Crippen LogP contribution in [0.1, 0.15) is 42.5 Å². The van der Waals surface area contributed by atoms with Gasteiger partial charge < -0.3 is 4.74 Å². The Labute approximate surface area is 60.9 Å². The largest absolute Gasteiger partial charge is 0.373 e. The lowest BCUT2D eigenvalue weighted by molar-refractivity contribution is 0.403. The van der Waals surface area contributed by atoms with Crippen LogP contribution in [0, 0.1) is 0 Å². The van der Waals surface area contributed by atoms with E-state index in [-0.39, 0.29) is 1.43 Å². The van der Waals surface area contributed by atoms with E-state index in [4.69, 9.17) is 4.74 Å². The fourth-order valence-electron chi connectivity index (χ4n) is 0.304. The maximum Gasteiger partial charge on any atom is 0.0807 e. The minimum atomic E-state index is 0. The van der Waals surface area contributed by atoms with Crippen LogP contribution >= 0.6 is 0 Å². The summed E-state index contributed by atoms with van der Waals surface area (Å²) in [5, 5.41) is 0. The highest BCUT2D eigenvalue weighted by Crippen LogP contribution is 2.10. The maximum atomic E-state index is 4.86. The van der Waals surface area contributed by atoms with E-state index in [1.165, 1.54) is 6.42 Å². The molecule has 1 aliphatic heterocycles. The SMILES string of the molecule is CC.CC.CCC1CO1.[HH]. The van der Waals surface area contributed by atoms with Gasteiger partial charge in [0, 0.05) is 1.43 Å². The van der Waals surface area contributed by atoms with Gasteiger partial charge in [0.1, 0.15) is 0 Å². The summed E-state index contributed by atoms with van der Waals surface area (Å²) < 4.78 is 4.86. The quantitative estimate of drug-likeness (QED) is 0.502. The van der Waals surface area contributed by atoms with E-state index in [0.29, 0.717) is 6.10 Å². The van der Waals surface area contributed by atoms with Crippen molar-refractivity contribution in [3.8, 4) is 0 Å². The first-order chi connectivity index (χ1) is 4.43. The van der Waals surface area contributed by atoms with Crippen LogP contribution < -0.4 is 0 Å². The van der Waals surface area contributed by atoms with Crippen LogP contribution in [-0.2, 0) is 4.74 Å². The van der Waals surface area contributed by atoms with E-state index in [2.05, 4.69) is 6.92 Å². The molecular weight excluding hydrogens is 112 g/mol. The van der Waals surface area contributed by atoms with Gasteiger partial charge >= 0.3 is 0 Å². The monoisotopic (exact) mass is 134 g/mol. The number of hydrogen-bond donors (Lipinski definition) is 0. The molecule has 1 nitrogen and oxygen atoms in total. The summed E-state index contributed by atoms with van der Waals surface area (Å²) in [6.07, 6.45) is 1.83. The highest BCUT2D eigenvalue weighted by molar-refractivity contribution is 4.64. The number of rotatable bonds is 1. The molecule has 1 aliphatic rings. The predicted octanol–water partition coefficient (Wildman–Crippen LogP) is 3.09. The van der Waals surface area contributed by atoms with Crippen LogP contribution in [0.25, 0.3) is 0 Å². The number of epoxide rings is 1. The van der Waals surface area contributed by atoms with E-state index in [0.717, 1.165) is 6.61 Å². The first kappa shape index (κ1) is 11.7. The Kier molecular flexibility index (Phi) is 14.1. The molecule has 0 aromatic carbocycles. The van der Waals surface area contributed by atoms with Crippen LogP contribution in [0.15, 0.2) is 0 Å². The van der Waals surface area contributed by atoms with E-state index in [1.807, 2.05) is 27.7 Å². The average molecular weight is 134 g/mol. The fourth-order valence-corrected chi connectivity index (χ4v) is 0.304. The Bertz CT molecular complexity index is 36.2. The molecule has 0 aromatic heterocycles. The molecule has 0 saturated carbocycles. The lowest BCUT2D eigenvalue weighted by atomic mass is 10.4. The van der Waals surface area contributed by atoms with Crippen LogP contribution in [0.4, 0.5) is 0 Å². The van der Waals surface area contributed by atoms with Crippen molar-refractivity contribution in [2.24, 2.45) is 0 Å². The van der Waals surface area contributed by atoms with Gasteiger partial charge in [0.05, 0.1) is 12.7 Å². The van der Waals surface area contributed by atoms with Crippen molar-refractivity contribution in [2.75, 3.05) is 6.61 Å². The molecule has 1 heterocycles. The smallest absolute Gasteiger partial charge is 0.0807 e. The molecule has 1 unspecified atom stereocenters. The minimum Gasteiger partial charge on any atom is -0.373 e. The second-order valence-corrected chi connectivity index (χ2v) is 1.36. The van der Waals surface area contributed by atoms with Crippen molar-refractivity contribution in [3.05, 3.63) is 0 Å². The summed E-state index contributed by atoms with van der Waals surface area (Å²) in [6, 6.07) is 0. The van der Waals surface area contributed by atoms with Crippen molar-refractivity contribution in [1.29, 1.82) is 0 Å². The zero-order chi connectivity index (χ0) is 7.70. The third-order valence-corrected chi connectivity index (χ3v) is 0.858. The van der Waals surface area contributed by atoms with Crippen molar-refractivity contribution >= 4 is 0 Å². The van der Waals surface area contributed by atoms with Gasteiger partial charge in [-0.1, -0.05) is 34.6 Å². The third-order valence-electron chi connectivity index (χ3n) is 0.858. The summed E-state index contributed by atoms with van der Waals surface area (Å²) in [7, 11) is 0. The zero-order valence-corrected chi connectivity index (χ0v) is 7.40. The normalized spacial score (nSPS) is 20.3. The molecule has 1 fully saturated rings. The number of ether oxygens (including phenoxy) is 1. The Hall–Kier alpha value is -0.0400. The van der Waals surface area contributed by atoms with Gasteiger partial charge in [-0.3, -0.25) is 0 Å². The fraction of sp³-hybridized carbons (Fsp3) is 1.00. The first-order valence-corrected chi connectivity index (χ1v) is 4.05. The second kappa shape index (κ2) is 10.9. The first-order valence-electron chi connectivity index (χ1n) is 4.05. The molecule has 1 rings (SSSR count). The molecule has 1 saturated heterocycles. The predicted molar refractivity (Wildman–Crippen MR) is 44.8 cm³/mol. The van der Waals surface area contributed by atoms with E-state index >= 15 is 0 Å². The highest BCUT2D eigenvalue weighted by atomic mass is 16.6. The Morgan fingerprint density at radius 2 is 1.67 bits per heavy atom. The Morgan fingerprint density at radius 3 is 1.67 bits per heavy atom. The average Bonchev–Trinajstić information content (AvgIpc) is 2.78. The molecule has 0 aliphatic carbocycles. The van der Waals surface area contributed by atoms with Crippen molar-refractivity contribution in [2.45, 2.75) is 47.1 Å². The summed E-state index contributed by atoms with van der Waals surface area (Å²) in [5.41, 5.74) is 0. The summed E-state index contributed by atoms with van der Waals surface area (Å²) in [5.74, 6) is 0. The molecule has 0 aromatic rings. The summed E-state index contributed by atoms with van der Waals surface area (Å²) in [6.45, 7) is 11.1. The van der Waals surface area contributed by atoms with Crippen LogP contribution in [0.2, 0.25) is 0 Å². The molecular formula is C8H22O. The summed E-state index contributed by atoms with van der Waals surface area (Å²) >= 11 is 0. The minimum absolute atomic E-state index is 0. The van der Waals surface area contributed by atoms with Crippen molar-refractivity contribution < 1.29 is 6.16 Å². The molecule has 0 amide bonds. The third kappa shape index (κ3) is 11.5. The molecule has 1 atom stereocenters. The van der Waals surface area contributed by atoms with Crippen molar-refractivity contribution in [3.63, 3.8) is 0 Å². The van der Waals surface area contributed by atoms with Gasteiger partial charge in [-0.2, -0.15) is 0 Å². The summed E-state index contributed by atoms with van der Waals surface area (Å²) in [4.78, 5) is 0. The zero-order valence-electron chi connectivity index (χ0n) is 7.40. The Morgan fingerprint density at radius 1 is 1.33 bits per heavy atom. The molecule has 0 bridgehead atoms. The second-order valence-electron chi connectivity index (χ2n) is 1.36. The van der Waals surface area contributed by atoms with Crippen LogP contribution in [0.5, 0.6) is 0 Å². The van der Waals surface area contributed by atoms with Gasteiger partial charge in [-0.25, -0.2) is 0 Å². The van der Waals surface area contributed by atoms with E-state index < -0.39 is 0 Å². The number of hydrogen-bond acceptors (Lipinski definition) is 1. The molecule has 9 heavy (non-hydrogen) atoms. The highest BCUT2D eigenvalue weighted by Gasteiger charge is 2.18. The molecule has 60 valence electrons. The molecule has 0 spiro atoms. The Balaban J connectivity index is -0.0000000875. The lowest BCUT2D eigenvalue weighted by Gasteiger charge is -1.69. The van der Waals surface area contributed by atoms with Crippen LogP contribution in [0.3, 0.4) is 0 Å². The maximum absolute atomic E-state index is 4.86. The molecule has 0 radical (unpaired) electrons. The standard InChI is InChI=1S/C4H8O.2C2H6.H2/c1-2-4-3-5-4;2*1-2;/h4H,2-3H2,1H3;2*1-2H3;1H.